The lowest BCUT2D eigenvalue weighted by Crippen LogP contribution is -2.29. The smallest absolute Gasteiger partial charge is 0.336 e. The molecule has 0 aromatic heterocycles. The van der Waals surface area contributed by atoms with E-state index in [1.807, 2.05) is 50.2 Å². The molecule has 1 fully saturated rings. The summed E-state index contributed by atoms with van der Waals surface area (Å²) in [6.07, 6.45) is 3.78. The van der Waals surface area contributed by atoms with Crippen LogP contribution in [0.3, 0.4) is 0 Å². The minimum absolute atomic E-state index is 0.337. The lowest BCUT2D eigenvalue weighted by molar-refractivity contribution is -0.130. The van der Waals surface area contributed by atoms with Crippen LogP contribution in [0.4, 0.5) is 5.69 Å². The molecule has 1 aliphatic heterocycles. The quantitative estimate of drug-likeness (QED) is 0.721. The predicted octanol–water partition coefficient (Wildman–Crippen LogP) is 5.13. The number of carboxylic acid groups (broad SMARTS) is 1. The molecule has 0 radical (unpaired) electrons. The Kier molecular flexibility index (Phi) is 6.17. The number of rotatable bonds is 6. The molecule has 0 bridgehead atoms. The Hall–Kier alpha value is -2.75. The van der Waals surface area contributed by atoms with E-state index >= 15 is 0 Å². The van der Waals surface area contributed by atoms with Crippen LogP contribution in [0.2, 0.25) is 0 Å². The summed E-state index contributed by atoms with van der Waals surface area (Å²) in [4.78, 5) is 14.1. The Labute approximate surface area is 161 Å². The highest BCUT2D eigenvalue weighted by atomic mass is 16.5. The third-order valence-electron chi connectivity index (χ3n) is 4.93. The topological polar surface area (TPSA) is 49.8 Å². The summed E-state index contributed by atoms with van der Waals surface area (Å²) in [5, 5.41) is 9.58. The highest BCUT2D eigenvalue weighted by molar-refractivity contribution is 6.16. The van der Waals surface area contributed by atoms with Crippen molar-refractivity contribution in [3.05, 3.63) is 65.2 Å². The molecule has 2 aromatic carbocycles. The number of piperidine rings is 1. The van der Waals surface area contributed by atoms with Crippen molar-refractivity contribution in [3.8, 4) is 5.75 Å². The first-order valence-corrected chi connectivity index (χ1v) is 9.53. The van der Waals surface area contributed by atoms with Gasteiger partial charge in [-0.3, -0.25) is 0 Å². The second-order valence-corrected chi connectivity index (χ2v) is 7.17. The average molecular weight is 365 g/mol. The molecule has 0 saturated carbocycles. The second kappa shape index (κ2) is 8.76. The number of nitrogens with zero attached hydrogens (tertiary/aromatic N) is 1. The summed E-state index contributed by atoms with van der Waals surface area (Å²) in [5.41, 5.74) is 3.91. The standard InChI is InChI=1S/C23H27NO3/c1-17(2)22(23(25)26)21-12-5-4-9-18(21)16-27-20-11-8-10-19(15-20)24-13-6-3-7-14-24/h4-5,8-12,15H,3,6-7,13-14,16H2,1-2H3,(H,25,26). The number of carboxylic acids is 1. The van der Waals surface area contributed by atoms with E-state index in [2.05, 4.69) is 17.0 Å². The molecule has 4 heteroatoms. The maximum Gasteiger partial charge on any atom is 0.336 e. The lowest BCUT2D eigenvalue weighted by atomic mass is 9.97. The fraction of sp³-hybridized carbons (Fsp3) is 0.348. The van der Waals surface area contributed by atoms with E-state index in [1.165, 1.54) is 24.9 Å². The van der Waals surface area contributed by atoms with Crippen molar-refractivity contribution in [1.82, 2.24) is 0 Å². The molecule has 1 aliphatic rings. The lowest BCUT2D eigenvalue weighted by Gasteiger charge is -2.29. The molecule has 27 heavy (non-hydrogen) atoms. The van der Waals surface area contributed by atoms with Crippen molar-refractivity contribution in [2.24, 2.45) is 0 Å². The molecule has 1 heterocycles. The van der Waals surface area contributed by atoms with Crippen LogP contribution < -0.4 is 9.64 Å². The zero-order valence-electron chi connectivity index (χ0n) is 16.1. The van der Waals surface area contributed by atoms with Crippen LogP contribution in [-0.2, 0) is 11.4 Å². The van der Waals surface area contributed by atoms with E-state index in [9.17, 15) is 9.90 Å². The molecule has 4 nitrogen and oxygen atoms in total. The molecular weight excluding hydrogens is 338 g/mol. The van der Waals surface area contributed by atoms with Gasteiger partial charge in [0, 0.05) is 24.8 Å². The first kappa shape index (κ1) is 19.0. The van der Waals surface area contributed by atoms with E-state index in [4.69, 9.17) is 4.74 Å². The normalized spacial score (nSPS) is 13.9. The van der Waals surface area contributed by atoms with E-state index in [1.54, 1.807) is 0 Å². The highest BCUT2D eigenvalue weighted by Gasteiger charge is 2.16. The molecule has 1 N–H and O–H groups in total. The molecule has 142 valence electrons. The van der Waals surface area contributed by atoms with Crippen molar-refractivity contribution >= 4 is 17.2 Å². The molecule has 1 saturated heterocycles. The number of aliphatic carboxylic acids is 1. The van der Waals surface area contributed by atoms with Crippen molar-refractivity contribution in [3.63, 3.8) is 0 Å². The number of allylic oxidation sites excluding steroid dienone is 1. The summed E-state index contributed by atoms with van der Waals surface area (Å²) >= 11 is 0. The average Bonchev–Trinajstić information content (AvgIpc) is 2.68. The van der Waals surface area contributed by atoms with E-state index in [0.717, 1.165) is 35.5 Å². The third-order valence-corrected chi connectivity index (χ3v) is 4.93. The molecule has 3 rings (SSSR count). The fourth-order valence-corrected chi connectivity index (χ4v) is 3.57. The molecular formula is C23H27NO3. The van der Waals surface area contributed by atoms with Crippen molar-refractivity contribution < 1.29 is 14.6 Å². The first-order chi connectivity index (χ1) is 13.1. The Bertz CT molecular complexity index is 831. The van der Waals surface area contributed by atoms with Crippen LogP contribution in [0, 0.1) is 0 Å². The summed E-state index contributed by atoms with van der Waals surface area (Å²) in [6, 6.07) is 15.7. The Balaban J connectivity index is 1.78. The molecule has 0 amide bonds. The summed E-state index contributed by atoms with van der Waals surface area (Å²) < 4.78 is 6.03. The third kappa shape index (κ3) is 4.70. The number of benzene rings is 2. The minimum atomic E-state index is -0.908. The van der Waals surface area contributed by atoms with Gasteiger partial charge >= 0.3 is 5.97 Å². The van der Waals surface area contributed by atoms with Gasteiger partial charge in [-0.1, -0.05) is 35.9 Å². The van der Waals surface area contributed by atoms with Crippen LogP contribution in [-0.4, -0.2) is 24.2 Å². The van der Waals surface area contributed by atoms with Gasteiger partial charge in [-0.05, 0) is 56.4 Å². The molecule has 0 unspecified atom stereocenters. The van der Waals surface area contributed by atoms with E-state index in [-0.39, 0.29) is 0 Å². The largest absolute Gasteiger partial charge is 0.489 e. The van der Waals surface area contributed by atoms with Crippen molar-refractivity contribution in [2.75, 3.05) is 18.0 Å². The summed E-state index contributed by atoms with van der Waals surface area (Å²) in [5.74, 6) is -0.100. The van der Waals surface area contributed by atoms with E-state index in [0.29, 0.717) is 12.2 Å². The zero-order valence-corrected chi connectivity index (χ0v) is 16.1. The van der Waals surface area contributed by atoms with Gasteiger partial charge in [-0.25, -0.2) is 4.79 Å². The molecule has 0 atom stereocenters. The summed E-state index contributed by atoms with van der Waals surface area (Å²) in [7, 11) is 0. The van der Waals surface area contributed by atoms with Crippen molar-refractivity contribution in [1.29, 1.82) is 0 Å². The predicted molar refractivity (Wildman–Crippen MR) is 109 cm³/mol. The Morgan fingerprint density at radius 3 is 2.48 bits per heavy atom. The van der Waals surface area contributed by atoms with Crippen LogP contribution in [0.1, 0.15) is 44.2 Å². The summed E-state index contributed by atoms with van der Waals surface area (Å²) in [6.45, 7) is 6.17. The van der Waals surface area contributed by atoms with Gasteiger partial charge in [-0.2, -0.15) is 0 Å². The van der Waals surface area contributed by atoms with Crippen LogP contribution in [0.5, 0.6) is 5.75 Å². The van der Waals surface area contributed by atoms with E-state index < -0.39 is 5.97 Å². The fourth-order valence-electron chi connectivity index (χ4n) is 3.57. The van der Waals surface area contributed by atoms with Gasteiger partial charge in [0.15, 0.2) is 0 Å². The van der Waals surface area contributed by atoms with Gasteiger partial charge < -0.3 is 14.7 Å². The molecule has 2 aromatic rings. The highest BCUT2D eigenvalue weighted by Crippen LogP contribution is 2.27. The van der Waals surface area contributed by atoms with Gasteiger partial charge in [0.05, 0.1) is 5.57 Å². The first-order valence-electron chi connectivity index (χ1n) is 9.53. The number of carbonyl (C=O) groups is 1. The SMILES string of the molecule is CC(C)=C(C(=O)O)c1ccccc1COc1cccc(N2CCCCC2)c1. The Morgan fingerprint density at radius 2 is 1.78 bits per heavy atom. The number of hydrogen-bond acceptors (Lipinski definition) is 3. The number of ether oxygens (including phenoxy) is 1. The maximum absolute atomic E-state index is 11.7. The maximum atomic E-state index is 11.7. The monoisotopic (exact) mass is 365 g/mol. The second-order valence-electron chi connectivity index (χ2n) is 7.17. The van der Waals surface area contributed by atoms with Gasteiger partial charge in [0.25, 0.3) is 0 Å². The van der Waals surface area contributed by atoms with Gasteiger partial charge in [0.2, 0.25) is 0 Å². The number of anilines is 1. The van der Waals surface area contributed by atoms with Crippen LogP contribution in [0.25, 0.3) is 5.57 Å². The van der Waals surface area contributed by atoms with Crippen LogP contribution in [0.15, 0.2) is 54.1 Å². The van der Waals surface area contributed by atoms with Gasteiger partial charge in [0.1, 0.15) is 12.4 Å². The van der Waals surface area contributed by atoms with Crippen LogP contribution >= 0.6 is 0 Å². The Morgan fingerprint density at radius 1 is 1.04 bits per heavy atom. The minimum Gasteiger partial charge on any atom is -0.489 e. The van der Waals surface area contributed by atoms with Crippen molar-refractivity contribution in [2.45, 2.75) is 39.7 Å². The van der Waals surface area contributed by atoms with Gasteiger partial charge in [-0.15, -0.1) is 0 Å². The molecule has 0 aliphatic carbocycles. The number of hydrogen-bond donors (Lipinski definition) is 1. The zero-order chi connectivity index (χ0) is 19.2. The molecule has 0 spiro atoms.